The predicted molar refractivity (Wildman–Crippen MR) is 118 cm³/mol. The van der Waals surface area contributed by atoms with Crippen molar-refractivity contribution in [2.24, 2.45) is 0 Å². The highest BCUT2D eigenvalue weighted by Crippen LogP contribution is 2.29. The van der Waals surface area contributed by atoms with Crippen LogP contribution in [0.4, 0.5) is 0 Å². The van der Waals surface area contributed by atoms with Crippen LogP contribution < -0.4 is 4.74 Å². The summed E-state index contributed by atoms with van der Waals surface area (Å²) in [5, 5.41) is 4.80. The van der Waals surface area contributed by atoms with Gasteiger partial charge in [-0.05, 0) is 37.8 Å². The zero-order chi connectivity index (χ0) is 20.1. The molecule has 2 atom stereocenters. The molecule has 29 heavy (non-hydrogen) atoms. The Kier molecular flexibility index (Phi) is 6.30. The molecule has 1 aromatic heterocycles. The highest BCUT2D eigenvalue weighted by atomic mass is 16.5. The van der Waals surface area contributed by atoms with Gasteiger partial charge < -0.3 is 4.74 Å². The maximum Gasteiger partial charge on any atom is 0.241 e. The molecule has 3 aromatic rings. The second kappa shape index (κ2) is 9.27. The van der Waals surface area contributed by atoms with Crippen LogP contribution in [0.2, 0.25) is 0 Å². The molecule has 1 aliphatic rings. The van der Waals surface area contributed by atoms with Crippen LogP contribution >= 0.6 is 0 Å². The van der Waals surface area contributed by atoms with E-state index in [-0.39, 0.29) is 0 Å². The molecule has 1 fully saturated rings. The third kappa shape index (κ3) is 4.88. The van der Waals surface area contributed by atoms with Crippen molar-refractivity contribution < 1.29 is 4.74 Å². The molecule has 0 spiro atoms. The molecule has 4 rings (SSSR count). The lowest BCUT2D eigenvalue weighted by molar-refractivity contribution is 0.0976. The van der Waals surface area contributed by atoms with Crippen LogP contribution in [0.1, 0.15) is 38.7 Å². The Morgan fingerprint density at radius 3 is 2.24 bits per heavy atom. The van der Waals surface area contributed by atoms with Crippen LogP contribution in [0.25, 0.3) is 11.1 Å². The normalized spacial score (nSPS) is 19.9. The van der Waals surface area contributed by atoms with E-state index in [4.69, 9.17) is 9.84 Å². The highest BCUT2D eigenvalue weighted by molar-refractivity contribution is 5.67. The third-order valence-electron chi connectivity index (χ3n) is 5.99. The van der Waals surface area contributed by atoms with Gasteiger partial charge in [0.15, 0.2) is 0 Å². The van der Waals surface area contributed by atoms with Crippen LogP contribution in [0, 0.1) is 0 Å². The molecule has 0 bridgehead atoms. The molecule has 2 heterocycles. The van der Waals surface area contributed by atoms with Gasteiger partial charge in [-0.15, -0.1) is 5.10 Å². The van der Waals surface area contributed by atoms with E-state index < -0.39 is 0 Å². The smallest absolute Gasteiger partial charge is 0.241 e. The Balaban J connectivity index is 1.51. The number of ether oxygens (including phenoxy) is 1. The summed E-state index contributed by atoms with van der Waals surface area (Å²) < 4.78 is 8.20. The Morgan fingerprint density at radius 1 is 0.897 bits per heavy atom. The number of benzene rings is 2. The topological polar surface area (TPSA) is 30.3 Å². The van der Waals surface area contributed by atoms with Crippen molar-refractivity contribution in [1.29, 1.82) is 0 Å². The first-order valence-corrected chi connectivity index (χ1v) is 10.8. The Bertz CT molecular complexity index is 881. The van der Waals surface area contributed by atoms with Crippen LogP contribution in [0.15, 0.2) is 66.9 Å². The lowest BCUT2D eigenvalue weighted by Crippen LogP contribution is -2.45. The van der Waals surface area contributed by atoms with Gasteiger partial charge in [-0.25, -0.2) is 0 Å². The summed E-state index contributed by atoms with van der Waals surface area (Å²) in [6, 6.07) is 22.0. The summed E-state index contributed by atoms with van der Waals surface area (Å²) >= 11 is 0. The van der Waals surface area contributed by atoms with E-state index in [1.807, 2.05) is 24.3 Å². The molecular weight excluding hydrogens is 358 g/mol. The minimum atomic E-state index is 0.526. The minimum Gasteiger partial charge on any atom is -0.471 e. The summed E-state index contributed by atoms with van der Waals surface area (Å²) in [6.45, 7) is 7.13. The number of rotatable bonds is 7. The van der Waals surface area contributed by atoms with Gasteiger partial charge in [0, 0.05) is 24.8 Å². The van der Waals surface area contributed by atoms with Crippen LogP contribution in [0.3, 0.4) is 0 Å². The van der Waals surface area contributed by atoms with E-state index in [1.165, 1.54) is 19.3 Å². The fourth-order valence-electron chi connectivity index (χ4n) is 4.30. The number of aromatic nitrogens is 2. The summed E-state index contributed by atoms with van der Waals surface area (Å²) in [7, 11) is 0. The van der Waals surface area contributed by atoms with Gasteiger partial charge in [-0.2, -0.15) is 0 Å². The van der Waals surface area contributed by atoms with Crippen LogP contribution in [-0.2, 0) is 13.2 Å². The fourth-order valence-corrected chi connectivity index (χ4v) is 4.30. The Morgan fingerprint density at radius 2 is 1.55 bits per heavy atom. The zero-order valence-corrected chi connectivity index (χ0v) is 17.5. The average molecular weight is 390 g/mol. The minimum absolute atomic E-state index is 0.526. The first-order valence-electron chi connectivity index (χ1n) is 10.8. The number of piperidine rings is 1. The molecule has 2 unspecified atom stereocenters. The maximum absolute atomic E-state index is 6.15. The van der Waals surface area contributed by atoms with Gasteiger partial charge in [-0.1, -0.05) is 67.1 Å². The molecule has 0 radical (unpaired) electrons. The Hall–Kier alpha value is -2.59. The summed E-state index contributed by atoms with van der Waals surface area (Å²) in [5.41, 5.74) is 3.35. The third-order valence-corrected chi connectivity index (χ3v) is 5.99. The standard InChI is InChI=1S/C25H31N3O/c1-20-10-9-11-21(2)28(20)17-16-27-18-24(23-14-7-4-8-15-23)25(26-27)29-19-22-12-5-3-6-13-22/h3-8,12-15,18,20-21H,9-11,16-17,19H2,1-2H3. The second-order valence-corrected chi connectivity index (χ2v) is 8.12. The second-order valence-electron chi connectivity index (χ2n) is 8.12. The number of likely N-dealkylation sites (tertiary alicyclic amines) is 1. The van der Waals surface area contributed by atoms with Crippen molar-refractivity contribution in [3.05, 3.63) is 72.4 Å². The largest absolute Gasteiger partial charge is 0.471 e. The monoisotopic (exact) mass is 389 g/mol. The molecule has 0 N–H and O–H groups in total. The predicted octanol–water partition coefficient (Wildman–Crippen LogP) is 5.39. The van der Waals surface area contributed by atoms with Crippen LogP contribution in [-0.4, -0.2) is 33.3 Å². The molecule has 1 aliphatic heterocycles. The van der Waals surface area contributed by atoms with Crippen molar-refractivity contribution in [2.75, 3.05) is 6.54 Å². The van der Waals surface area contributed by atoms with Crippen molar-refractivity contribution >= 4 is 0 Å². The first-order chi connectivity index (χ1) is 14.2. The van der Waals surface area contributed by atoms with E-state index in [2.05, 4.69) is 66.0 Å². The molecule has 2 aromatic carbocycles. The molecule has 4 nitrogen and oxygen atoms in total. The molecule has 0 amide bonds. The summed E-state index contributed by atoms with van der Waals surface area (Å²) in [4.78, 5) is 2.62. The van der Waals surface area contributed by atoms with Gasteiger partial charge in [0.2, 0.25) is 5.88 Å². The van der Waals surface area contributed by atoms with E-state index >= 15 is 0 Å². The molecule has 4 heteroatoms. The quantitative estimate of drug-likeness (QED) is 0.542. The van der Waals surface area contributed by atoms with E-state index in [0.717, 1.165) is 29.8 Å². The molecule has 0 aliphatic carbocycles. The fraction of sp³-hybridized carbons (Fsp3) is 0.400. The van der Waals surface area contributed by atoms with Gasteiger partial charge in [0.05, 0.1) is 12.1 Å². The number of hydrogen-bond acceptors (Lipinski definition) is 3. The van der Waals surface area contributed by atoms with Gasteiger partial charge >= 0.3 is 0 Å². The molecular formula is C25H31N3O. The van der Waals surface area contributed by atoms with Gasteiger partial charge in [0.25, 0.3) is 0 Å². The SMILES string of the molecule is CC1CCCC(C)N1CCn1cc(-c2ccccc2)c(OCc2ccccc2)n1. The maximum atomic E-state index is 6.15. The van der Waals surface area contributed by atoms with Crippen molar-refractivity contribution in [1.82, 2.24) is 14.7 Å². The van der Waals surface area contributed by atoms with Gasteiger partial charge in [-0.3, -0.25) is 9.58 Å². The lowest BCUT2D eigenvalue weighted by Gasteiger charge is -2.38. The van der Waals surface area contributed by atoms with E-state index in [1.54, 1.807) is 0 Å². The Labute approximate surface area is 174 Å². The summed E-state index contributed by atoms with van der Waals surface area (Å²) in [5.74, 6) is 0.708. The molecule has 0 saturated carbocycles. The van der Waals surface area contributed by atoms with Crippen molar-refractivity contribution in [3.63, 3.8) is 0 Å². The van der Waals surface area contributed by atoms with E-state index in [0.29, 0.717) is 24.6 Å². The van der Waals surface area contributed by atoms with Gasteiger partial charge in [0.1, 0.15) is 6.61 Å². The van der Waals surface area contributed by atoms with Crippen molar-refractivity contribution in [3.8, 4) is 17.0 Å². The molecule has 1 saturated heterocycles. The number of hydrogen-bond donors (Lipinski definition) is 0. The van der Waals surface area contributed by atoms with E-state index in [9.17, 15) is 0 Å². The lowest BCUT2D eigenvalue weighted by atomic mass is 9.98. The van der Waals surface area contributed by atoms with Crippen molar-refractivity contribution in [2.45, 2.75) is 58.3 Å². The first kappa shape index (κ1) is 19.7. The highest BCUT2D eigenvalue weighted by Gasteiger charge is 2.24. The number of nitrogens with zero attached hydrogens (tertiary/aromatic N) is 3. The zero-order valence-electron chi connectivity index (χ0n) is 17.5. The average Bonchev–Trinajstić information content (AvgIpc) is 3.16. The summed E-state index contributed by atoms with van der Waals surface area (Å²) in [6.07, 6.45) is 6.07. The molecule has 152 valence electrons. The van der Waals surface area contributed by atoms with Crippen LogP contribution in [0.5, 0.6) is 5.88 Å².